The standard InChI is InChI=1S/C20H26N4O3S/c1-20(2,3)15-4-6-17(7-5-15)28(26,27)24-12-8-16(9-13-24)23-19(25)18-14-21-10-11-22-18/h4-7,10-11,14,16H,8-9,12-13H2,1-3H3,(H,23,25). The minimum atomic E-state index is -3.53. The third kappa shape index (κ3) is 4.56. The van der Waals surface area contributed by atoms with Gasteiger partial charge < -0.3 is 5.32 Å². The summed E-state index contributed by atoms with van der Waals surface area (Å²) in [6, 6.07) is 7.03. The van der Waals surface area contributed by atoms with E-state index in [4.69, 9.17) is 0 Å². The van der Waals surface area contributed by atoms with Crippen LogP contribution in [0.25, 0.3) is 0 Å². The van der Waals surface area contributed by atoms with Crippen LogP contribution >= 0.6 is 0 Å². The van der Waals surface area contributed by atoms with Crippen LogP contribution in [0.4, 0.5) is 0 Å². The summed E-state index contributed by atoms with van der Waals surface area (Å²) in [4.78, 5) is 20.4. The van der Waals surface area contributed by atoms with Crippen LogP contribution in [0.3, 0.4) is 0 Å². The third-order valence-electron chi connectivity index (χ3n) is 4.94. The molecule has 0 radical (unpaired) electrons. The van der Waals surface area contributed by atoms with E-state index in [0.717, 1.165) is 5.56 Å². The summed E-state index contributed by atoms with van der Waals surface area (Å²) in [5, 5.41) is 2.91. The first-order chi connectivity index (χ1) is 13.2. The summed E-state index contributed by atoms with van der Waals surface area (Å²) >= 11 is 0. The predicted octanol–water partition coefficient (Wildman–Crippen LogP) is 2.36. The number of piperidine rings is 1. The molecular formula is C20H26N4O3S. The van der Waals surface area contributed by atoms with E-state index in [1.807, 2.05) is 12.1 Å². The van der Waals surface area contributed by atoms with Crippen LogP contribution in [0.1, 0.15) is 49.7 Å². The Kier molecular flexibility index (Phi) is 5.81. The lowest BCUT2D eigenvalue weighted by Crippen LogP contribution is -2.46. The van der Waals surface area contributed by atoms with Gasteiger partial charge in [-0.15, -0.1) is 0 Å². The van der Waals surface area contributed by atoms with E-state index in [0.29, 0.717) is 30.8 Å². The van der Waals surface area contributed by atoms with Crippen molar-refractivity contribution in [1.82, 2.24) is 19.6 Å². The average Bonchev–Trinajstić information content (AvgIpc) is 2.68. The molecule has 0 bridgehead atoms. The van der Waals surface area contributed by atoms with Gasteiger partial charge in [-0.3, -0.25) is 9.78 Å². The SMILES string of the molecule is CC(C)(C)c1ccc(S(=O)(=O)N2CCC(NC(=O)c3cnccn3)CC2)cc1. The monoisotopic (exact) mass is 402 g/mol. The molecule has 2 aromatic rings. The lowest BCUT2D eigenvalue weighted by Gasteiger charge is -2.31. The highest BCUT2D eigenvalue weighted by molar-refractivity contribution is 7.89. The van der Waals surface area contributed by atoms with E-state index in [1.165, 1.54) is 22.9 Å². The summed E-state index contributed by atoms with van der Waals surface area (Å²) in [7, 11) is -3.53. The van der Waals surface area contributed by atoms with E-state index in [2.05, 4.69) is 36.1 Å². The largest absolute Gasteiger partial charge is 0.348 e. The van der Waals surface area contributed by atoms with Gasteiger partial charge in [-0.05, 0) is 36.0 Å². The van der Waals surface area contributed by atoms with Crippen LogP contribution < -0.4 is 5.32 Å². The van der Waals surface area contributed by atoms with Crippen molar-refractivity contribution in [2.45, 2.75) is 50.0 Å². The van der Waals surface area contributed by atoms with Gasteiger partial charge in [-0.2, -0.15) is 4.31 Å². The Bertz CT molecular complexity index is 914. The number of amides is 1. The van der Waals surface area contributed by atoms with E-state index in [1.54, 1.807) is 12.1 Å². The van der Waals surface area contributed by atoms with Crippen LogP contribution in [0.15, 0.2) is 47.8 Å². The number of benzene rings is 1. The quantitative estimate of drug-likeness (QED) is 0.848. The zero-order valence-electron chi connectivity index (χ0n) is 16.4. The van der Waals surface area contributed by atoms with Crippen molar-refractivity contribution in [2.75, 3.05) is 13.1 Å². The zero-order valence-corrected chi connectivity index (χ0v) is 17.2. The summed E-state index contributed by atoms with van der Waals surface area (Å²) in [6.45, 7) is 7.02. The smallest absolute Gasteiger partial charge is 0.271 e. The maximum Gasteiger partial charge on any atom is 0.271 e. The molecular weight excluding hydrogens is 376 g/mol. The highest BCUT2D eigenvalue weighted by Gasteiger charge is 2.30. The minimum Gasteiger partial charge on any atom is -0.348 e. The molecule has 1 amide bonds. The molecule has 7 nitrogen and oxygen atoms in total. The van der Waals surface area contributed by atoms with E-state index < -0.39 is 10.0 Å². The number of hydrogen-bond acceptors (Lipinski definition) is 5. The van der Waals surface area contributed by atoms with Crippen molar-refractivity contribution < 1.29 is 13.2 Å². The molecule has 3 rings (SSSR count). The molecule has 1 N–H and O–H groups in total. The highest BCUT2D eigenvalue weighted by atomic mass is 32.2. The van der Waals surface area contributed by atoms with Gasteiger partial charge in [0.15, 0.2) is 0 Å². The molecule has 1 aliphatic rings. The molecule has 8 heteroatoms. The molecule has 1 saturated heterocycles. The van der Waals surface area contributed by atoms with Crippen LogP contribution in [-0.2, 0) is 15.4 Å². The third-order valence-corrected chi connectivity index (χ3v) is 6.86. The Labute approximate surface area is 166 Å². The minimum absolute atomic E-state index is 0.0258. The molecule has 0 spiro atoms. The molecule has 0 unspecified atom stereocenters. The van der Waals surface area contributed by atoms with Crippen molar-refractivity contribution in [1.29, 1.82) is 0 Å². The fourth-order valence-electron chi connectivity index (χ4n) is 3.19. The fraction of sp³-hybridized carbons (Fsp3) is 0.450. The van der Waals surface area contributed by atoms with Crippen LogP contribution in [-0.4, -0.2) is 47.7 Å². The van der Waals surface area contributed by atoms with Gasteiger partial charge in [0.2, 0.25) is 10.0 Å². The topological polar surface area (TPSA) is 92.3 Å². The van der Waals surface area contributed by atoms with Crippen molar-refractivity contribution in [3.05, 3.63) is 54.1 Å². The predicted molar refractivity (Wildman–Crippen MR) is 106 cm³/mol. The second-order valence-corrected chi connectivity index (χ2v) is 9.95. The lowest BCUT2D eigenvalue weighted by molar-refractivity contribution is 0.0918. The molecule has 0 saturated carbocycles. The number of nitrogens with zero attached hydrogens (tertiary/aromatic N) is 3. The highest BCUT2D eigenvalue weighted by Crippen LogP contribution is 2.26. The van der Waals surface area contributed by atoms with Gasteiger partial charge >= 0.3 is 0 Å². The van der Waals surface area contributed by atoms with E-state index >= 15 is 0 Å². The second-order valence-electron chi connectivity index (χ2n) is 8.02. The first-order valence-corrected chi connectivity index (χ1v) is 10.8. The molecule has 0 aliphatic carbocycles. The molecule has 0 atom stereocenters. The Morgan fingerprint density at radius 2 is 1.75 bits per heavy atom. The van der Waals surface area contributed by atoms with Crippen molar-refractivity contribution in [3.63, 3.8) is 0 Å². The van der Waals surface area contributed by atoms with Gasteiger partial charge in [0, 0.05) is 31.5 Å². The number of sulfonamides is 1. The van der Waals surface area contributed by atoms with Gasteiger partial charge in [0.05, 0.1) is 11.1 Å². The first kappa shape index (κ1) is 20.4. The Morgan fingerprint density at radius 1 is 1.11 bits per heavy atom. The van der Waals surface area contributed by atoms with Gasteiger partial charge in [0.1, 0.15) is 5.69 Å². The van der Waals surface area contributed by atoms with Crippen LogP contribution in [0, 0.1) is 0 Å². The van der Waals surface area contributed by atoms with Crippen LogP contribution in [0.2, 0.25) is 0 Å². The van der Waals surface area contributed by atoms with Crippen molar-refractivity contribution in [3.8, 4) is 0 Å². The van der Waals surface area contributed by atoms with E-state index in [-0.39, 0.29) is 23.1 Å². The zero-order chi connectivity index (χ0) is 20.4. The number of rotatable bonds is 4. The average molecular weight is 403 g/mol. The maximum atomic E-state index is 12.9. The molecule has 1 aliphatic heterocycles. The molecule has 1 aromatic heterocycles. The number of hydrogen-bond donors (Lipinski definition) is 1. The number of aromatic nitrogens is 2. The second kappa shape index (κ2) is 7.97. The molecule has 2 heterocycles. The Balaban J connectivity index is 1.61. The summed E-state index contributed by atoms with van der Waals surface area (Å²) < 4.78 is 27.3. The fourth-order valence-corrected chi connectivity index (χ4v) is 4.66. The number of nitrogens with one attached hydrogen (secondary N) is 1. The van der Waals surface area contributed by atoms with Crippen molar-refractivity contribution in [2.24, 2.45) is 0 Å². The van der Waals surface area contributed by atoms with Gasteiger partial charge in [-0.1, -0.05) is 32.9 Å². The Morgan fingerprint density at radius 3 is 2.29 bits per heavy atom. The molecule has 150 valence electrons. The number of carbonyl (C=O) groups excluding carboxylic acids is 1. The maximum absolute atomic E-state index is 12.9. The number of carbonyl (C=O) groups is 1. The molecule has 28 heavy (non-hydrogen) atoms. The lowest BCUT2D eigenvalue weighted by atomic mass is 9.87. The summed E-state index contributed by atoms with van der Waals surface area (Å²) in [5.74, 6) is -0.285. The van der Waals surface area contributed by atoms with Crippen molar-refractivity contribution >= 4 is 15.9 Å². The van der Waals surface area contributed by atoms with Crippen LogP contribution in [0.5, 0.6) is 0 Å². The molecule has 1 aromatic carbocycles. The first-order valence-electron chi connectivity index (χ1n) is 9.35. The summed E-state index contributed by atoms with van der Waals surface area (Å²) in [5.41, 5.74) is 1.33. The molecule has 1 fully saturated rings. The Hall–Kier alpha value is -2.32. The van der Waals surface area contributed by atoms with Gasteiger partial charge in [0.25, 0.3) is 5.91 Å². The van der Waals surface area contributed by atoms with E-state index in [9.17, 15) is 13.2 Å². The van der Waals surface area contributed by atoms with Gasteiger partial charge in [-0.25, -0.2) is 13.4 Å². The summed E-state index contributed by atoms with van der Waals surface area (Å²) in [6.07, 6.45) is 5.51. The normalized spacial score (nSPS) is 16.7.